The zero-order chi connectivity index (χ0) is 21.1. The number of nitrogens with zero attached hydrogens (tertiary/aromatic N) is 2. The Morgan fingerprint density at radius 3 is 2.50 bits per heavy atom. The number of carbonyl (C=O) groups excluding carboxylic acids is 1. The number of thiazole rings is 1. The van der Waals surface area contributed by atoms with Gasteiger partial charge in [0, 0.05) is 23.5 Å². The Kier molecular flexibility index (Phi) is 6.18. The number of hydrogen-bond donors (Lipinski definition) is 0. The first-order valence-electron chi connectivity index (χ1n) is 10.5. The minimum absolute atomic E-state index is 0.144. The minimum Gasteiger partial charge on any atom is -0.497 e. The van der Waals surface area contributed by atoms with Gasteiger partial charge >= 0.3 is 0 Å². The summed E-state index contributed by atoms with van der Waals surface area (Å²) in [7, 11) is 1.67. The van der Waals surface area contributed by atoms with Crippen LogP contribution < -0.4 is 4.74 Å². The number of benzene rings is 2. The number of rotatable bonds is 8. The average Bonchev–Trinajstić information content (AvgIpc) is 3.52. The second-order valence-electron chi connectivity index (χ2n) is 8.13. The Bertz CT molecular complexity index is 991. The molecule has 1 unspecified atom stereocenters. The number of carbonyl (C=O) groups is 1. The molecule has 1 aliphatic rings. The molecule has 30 heavy (non-hydrogen) atoms. The topological polar surface area (TPSA) is 42.4 Å². The molecule has 156 valence electrons. The Morgan fingerprint density at radius 1 is 1.17 bits per heavy atom. The van der Waals surface area contributed by atoms with E-state index in [1.165, 1.54) is 18.4 Å². The molecule has 0 spiro atoms. The molecule has 2 aromatic carbocycles. The van der Waals surface area contributed by atoms with Gasteiger partial charge in [0.15, 0.2) is 0 Å². The van der Waals surface area contributed by atoms with Gasteiger partial charge in [-0.2, -0.15) is 0 Å². The van der Waals surface area contributed by atoms with Gasteiger partial charge in [0.2, 0.25) is 5.91 Å². The van der Waals surface area contributed by atoms with Crippen molar-refractivity contribution in [2.24, 2.45) is 5.92 Å². The fraction of sp³-hybridized carbons (Fsp3) is 0.360. The maximum Gasteiger partial charge on any atom is 0.229 e. The van der Waals surface area contributed by atoms with Crippen LogP contribution in [0.25, 0.3) is 10.6 Å². The quantitative estimate of drug-likeness (QED) is 0.483. The molecule has 4 nitrogen and oxygen atoms in total. The van der Waals surface area contributed by atoms with Gasteiger partial charge in [-0.25, -0.2) is 4.98 Å². The van der Waals surface area contributed by atoms with E-state index in [4.69, 9.17) is 9.72 Å². The van der Waals surface area contributed by atoms with Crippen LogP contribution in [-0.2, 0) is 17.8 Å². The van der Waals surface area contributed by atoms with Gasteiger partial charge in [-0.1, -0.05) is 42.0 Å². The Labute approximate surface area is 182 Å². The summed E-state index contributed by atoms with van der Waals surface area (Å²) in [5, 5.41) is 2.98. The van der Waals surface area contributed by atoms with Gasteiger partial charge in [0.1, 0.15) is 10.8 Å². The van der Waals surface area contributed by atoms with E-state index >= 15 is 0 Å². The molecule has 5 heteroatoms. The van der Waals surface area contributed by atoms with Crippen molar-refractivity contribution in [3.8, 4) is 16.3 Å². The highest BCUT2D eigenvalue weighted by molar-refractivity contribution is 7.13. The third kappa shape index (κ3) is 4.90. The maximum absolute atomic E-state index is 13.3. The Morgan fingerprint density at radius 2 is 1.87 bits per heavy atom. The number of hydrogen-bond acceptors (Lipinski definition) is 4. The lowest BCUT2D eigenvalue weighted by Gasteiger charge is -2.29. The van der Waals surface area contributed by atoms with E-state index in [1.54, 1.807) is 18.4 Å². The fourth-order valence-electron chi connectivity index (χ4n) is 3.69. The highest BCUT2D eigenvalue weighted by Gasteiger charge is 2.34. The summed E-state index contributed by atoms with van der Waals surface area (Å²) in [4.78, 5) is 20.0. The molecule has 1 saturated carbocycles. The molecule has 1 aromatic heterocycles. The second-order valence-corrected chi connectivity index (χ2v) is 8.99. The van der Waals surface area contributed by atoms with E-state index in [2.05, 4.69) is 38.1 Å². The average molecular weight is 421 g/mol. The van der Waals surface area contributed by atoms with E-state index in [-0.39, 0.29) is 11.9 Å². The van der Waals surface area contributed by atoms with Crippen LogP contribution >= 0.6 is 11.3 Å². The van der Waals surface area contributed by atoms with Gasteiger partial charge < -0.3 is 9.64 Å². The molecule has 0 radical (unpaired) electrons. The third-order valence-electron chi connectivity index (χ3n) is 5.81. The summed E-state index contributed by atoms with van der Waals surface area (Å²) in [5.41, 5.74) is 4.30. The molecule has 4 rings (SSSR count). The highest BCUT2D eigenvalue weighted by atomic mass is 32.1. The predicted octanol–water partition coefficient (Wildman–Crippen LogP) is 5.50. The van der Waals surface area contributed by atoms with Crippen molar-refractivity contribution in [2.75, 3.05) is 7.11 Å². The van der Waals surface area contributed by atoms with E-state index < -0.39 is 0 Å². The number of methoxy groups -OCH3 is 1. The van der Waals surface area contributed by atoms with E-state index in [1.807, 2.05) is 34.5 Å². The van der Waals surface area contributed by atoms with Crippen molar-refractivity contribution in [1.29, 1.82) is 0 Å². The summed E-state index contributed by atoms with van der Waals surface area (Å²) in [5.74, 6) is 1.59. The summed E-state index contributed by atoms with van der Waals surface area (Å²) in [6.07, 6.45) is 2.76. The molecule has 1 heterocycles. The van der Waals surface area contributed by atoms with E-state index in [9.17, 15) is 4.79 Å². The monoisotopic (exact) mass is 420 g/mol. The largest absolute Gasteiger partial charge is 0.497 e. The fourth-order valence-corrected chi connectivity index (χ4v) is 4.52. The second kappa shape index (κ2) is 9.00. The lowest BCUT2D eigenvalue weighted by molar-refractivity contribution is -0.133. The first-order valence-corrected chi connectivity index (χ1v) is 11.4. The van der Waals surface area contributed by atoms with Crippen LogP contribution in [0, 0.1) is 12.8 Å². The third-order valence-corrected chi connectivity index (χ3v) is 6.75. The normalized spacial score (nSPS) is 14.4. The van der Waals surface area contributed by atoms with Gasteiger partial charge in [0.05, 0.1) is 19.2 Å². The molecule has 1 fully saturated rings. The number of aryl methyl sites for hydroxylation is 1. The van der Waals surface area contributed by atoms with Crippen LogP contribution in [0.15, 0.2) is 53.9 Å². The van der Waals surface area contributed by atoms with E-state index in [0.717, 1.165) is 27.6 Å². The summed E-state index contributed by atoms with van der Waals surface area (Å²) in [6.45, 7) is 4.88. The molecular weight excluding hydrogens is 392 g/mol. The van der Waals surface area contributed by atoms with Crippen molar-refractivity contribution in [2.45, 2.75) is 45.7 Å². The molecule has 1 aliphatic carbocycles. The predicted molar refractivity (Wildman–Crippen MR) is 122 cm³/mol. The SMILES string of the molecule is COc1ccc(CN(C(=O)Cc2csc(-c3ccc(C)cc3)n2)C(C)C2CC2)cc1. The van der Waals surface area contributed by atoms with Crippen LogP contribution in [0.4, 0.5) is 0 Å². The van der Waals surface area contributed by atoms with Gasteiger partial charge in [-0.3, -0.25) is 4.79 Å². The van der Waals surface area contributed by atoms with Crippen molar-refractivity contribution >= 4 is 17.2 Å². The lowest BCUT2D eigenvalue weighted by Crippen LogP contribution is -2.40. The molecule has 0 aliphatic heterocycles. The summed E-state index contributed by atoms with van der Waals surface area (Å²) in [6, 6.07) is 16.6. The Balaban J connectivity index is 1.48. The molecule has 3 aromatic rings. The molecule has 1 amide bonds. The van der Waals surface area contributed by atoms with Crippen LogP contribution in [0.2, 0.25) is 0 Å². The molecular formula is C25H28N2O2S. The highest BCUT2D eigenvalue weighted by Crippen LogP contribution is 2.36. The van der Waals surface area contributed by atoms with Crippen LogP contribution in [0.3, 0.4) is 0 Å². The standard InChI is InChI=1S/C25H28N2O2S/c1-17-4-8-21(9-5-17)25-26-22(16-30-25)14-24(28)27(18(2)20-10-11-20)15-19-6-12-23(29-3)13-7-19/h4-9,12-13,16,18,20H,10-11,14-15H2,1-3H3. The first-order chi connectivity index (χ1) is 14.5. The maximum atomic E-state index is 13.3. The van der Waals surface area contributed by atoms with Crippen LogP contribution in [0.5, 0.6) is 5.75 Å². The molecule has 0 bridgehead atoms. The van der Waals surface area contributed by atoms with Crippen LogP contribution in [0.1, 0.15) is 36.6 Å². The van der Waals surface area contributed by atoms with Crippen molar-refractivity contribution in [3.05, 3.63) is 70.7 Å². The van der Waals surface area contributed by atoms with Gasteiger partial charge in [-0.05, 0) is 50.3 Å². The lowest BCUT2D eigenvalue weighted by atomic mass is 10.1. The van der Waals surface area contributed by atoms with Crippen molar-refractivity contribution in [1.82, 2.24) is 9.88 Å². The Hall–Kier alpha value is -2.66. The summed E-state index contributed by atoms with van der Waals surface area (Å²) >= 11 is 1.60. The van der Waals surface area contributed by atoms with Gasteiger partial charge in [-0.15, -0.1) is 11.3 Å². The molecule has 0 N–H and O–H groups in total. The zero-order valence-corrected chi connectivity index (χ0v) is 18.6. The minimum atomic E-state index is 0.144. The number of amides is 1. The van der Waals surface area contributed by atoms with Gasteiger partial charge in [0.25, 0.3) is 0 Å². The smallest absolute Gasteiger partial charge is 0.229 e. The summed E-state index contributed by atoms with van der Waals surface area (Å²) < 4.78 is 5.25. The van der Waals surface area contributed by atoms with Crippen LogP contribution in [-0.4, -0.2) is 28.9 Å². The number of ether oxygens (including phenoxy) is 1. The molecule has 1 atom stereocenters. The van der Waals surface area contributed by atoms with Crippen molar-refractivity contribution in [3.63, 3.8) is 0 Å². The number of aromatic nitrogens is 1. The first kappa shape index (κ1) is 20.6. The van der Waals surface area contributed by atoms with E-state index in [0.29, 0.717) is 18.9 Å². The zero-order valence-electron chi connectivity index (χ0n) is 17.8. The van der Waals surface area contributed by atoms with Crippen molar-refractivity contribution < 1.29 is 9.53 Å². The molecule has 0 saturated heterocycles.